The highest BCUT2D eigenvalue weighted by atomic mass is 16.3. The fraction of sp³-hybridized carbons (Fsp3) is 0.429. The molecule has 0 saturated carbocycles. The molecule has 1 fully saturated rings. The molecule has 2 aromatic heterocycles. The molecule has 0 aliphatic carbocycles. The first kappa shape index (κ1) is 12.8. The van der Waals surface area contributed by atoms with Crippen molar-refractivity contribution >= 4 is 5.91 Å². The maximum absolute atomic E-state index is 12.5. The number of oxazole rings is 1. The van der Waals surface area contributed by atoms with Crippen LogP contribution in [0.1, 0.15) is 41.8 Å². The number of carbonyl (C=O) groups is 1. The fourth-order valence-corrected chi connectivity index (χ4v) is 2.68. The van der Waals surface area contributed by atoms with Crippen molar-refractivity contribution in [1.82, 2.24) is 19.9 Å². The molecule has 1 amide bonds. The van der Waals surface area contributed by atoms with Gasteiger partial charge in [-0.05, 0) is 32.8 Å². The Hall–Kier alpha value is -2.24. The van der Waals surface area contributed by atoms with Crippen LogP contribution in [0.5, 0.6) is 0 Å². The summed E-state index contributed by atoms with van der Waals surface area (Å²) in [6.45, 7) is 4.60. The minimum atomic E-state index is -0.490. The molecule has 2 aromatic rings. The summed E-state index contributed by atoms with van der Waals surface area (Å²) in [5.41, 5.74) is 0.408. The number of amides is 1. The summed E-state index contributed by atoms with van der Waals surface area (Å²) in [5.74, 6) is 0.779. The average Bonchev–Trinajstić information content (AvgIpc) is 3.08. The molecule has 0 N–H and O–H groups in total. The van der Waals surface area contributed by atoms with E-state index in [1.54, 1.807) is 11.1 Å². The van der Waals surface area contributed by atoms with E-state index in [0.717, 1.165) is 18.5 Å². The van der Waals surface area contributed by atoms with Crippen molar-refractivity contribution in [3.05, 3.63) is 42.1 Å². The van der Waals surface area contributed by atoms with Gasteiger partial charge in [-0.2, -0.15) is 0 Å². The summed E-state index contributed by atoms with van der Waals surface area (Å²) < 4.78 is 5.12. The molecule has 3 heterocycles. The number of aryl methyl sites for hydroxylation is 1. The number of rotatable bonds is 2. The molecule has 1 saturated heterocycles. The molecule has 0 radical (unpaired) electrons. The molecular formula is C14H16N4O2. The number of aromatic nitrogens is 3. The van der Waals surface area contributed by atoms with Crippen LogP contribution in [0.4, 0.5) is 0 Å². The second-order valence-corrected chi connectivity index (χ2v) is 5.22. The second kappa shape index (κ2) is 4.70. The van der Waals surface area contributed by atoms with E-state index in [0.29, 0.717) is 12.4 Å². The first-order valence-corrected chi connectivity index (χ1v) is 6.62. The second-order valence-electron chi connectivity index (χ2n) is 5.22. The normalized spacial score (nSPS) is 22.2. The van der Waals surface area contributed by atoms with Crippen molar-refractivity contribution in [1.29, 1.82) is 0 Å². The lowest BCUT2D eigenvalue weighted by atomic mass is 9.97. The zero-order valence-electron chi connectivity index (χ0n) is 11.5. The van der Waals surface area contributed by atoms with E-state index in [1.165, 1.54) is 12.6 Å². The molecule has 0 bridgehead atoms. The van der Waals surface area contributed by atoms with Crippen LogP contribution in [-0.4, -0.2) is 32.3 Å². The SMILES string of the molecule is Cc1ccnc([C@@]2(C)CCCN2C(=O)c2cnco2)n1. The molecule has 0 spiro atoms. The van der Waals surface area contributed by atoms with Gasteiger partial charge in [-0.15, -0.1) is 0 Å². The first-order valence-electron chi connectivity index (χ1n) is 6.62. The average molecular weight is 272 g/mol. The highest BCUT2D eigenvalue weighted by Crippen LogP contribution is 2.37. The Morgan fingerprint density at radius 1 is 1.50 bits per heavy atom. The summed E-state index contributed by atoms with van der Waals surface area (Å²) in [6.07, 6.45) is 6.21. The van der Waals surface area contributed by atoms with Gasteiger partial charge in [0.2, 0.25) is 5.76 Å². The van der Waals surface area contributed by atoms with Gasteiger partial charge in [-0.1, -0.05) is 0 Å². The standard InChI is InChI=1S/C14H16N4O2/c1-10-4-6-16-13(17-10)14(2)5-3-7-18(14)12(19)11-8-15-9-20-11/h4,6,8-9H,3,5,7H2,1-2H3/t14-/m1/s1. The van der Waals surface area contributed by atoms with Crippen LogP contribution in [-0.2, 0) is 5.54 Å². The molecule has 3 rings (SSSR count). The van der Waals surface area contributed by atoms with E-state index in [-0.39, 0.29) is 11.7 Å². The Balaban J connectivity index is 1.97. The third-order valence-corrected chi connectivity index (χ3v) is 3.81. The van der Waals surface area contributed by atoms with Gasteiger partial charge in [0.05, 0.1) is 6.20 Å². The number of hydrogen-bond acceptors (Lipinski definition) is 5. The predicted octanol–water partition coefficient (Wildman–Crippen LogP) is 1.92. The van der Waals surface area contributed by atoms with Crippen LogP contribution in [0.2, 0.25) is 0 Å². The molecular weight excluding hydrogens is 256 g/mol. The van der Waals surface area contributed by atoms with Gasteiger partial charge in [0, 0.05) is 18.4 Å². The third kappa shape index (κ3) is 1.97. The van der Waals surface area contributed by atoms with E-state index in [4.69, 9.17) is 4.42 Å². The molecule has 1 aliphatic rings. The van der Waals surface area contributed by atoms with Crippen LogP contribution in [0.3, 0.4) is 0 Å². The molecule has 1 aliphatic heterocycles. The van der Waals surface area contributed by atoms with Gasteiger partial charge >= 0.3 is 0 Å². The van der Waals surface area contributed by atoms with Crippen LogP contribution in [0.25, 0.3) is 0 Å². The Kier molecular flexibility index (Phi) is 3.00. The van der Waals surface area contributed by atoms with E-state index in [2.05, 4.69) is 15.0 Å². The van der Waals surface area contributed by atoms with Gasteiger partial charge in [-0.3, -0.25) is 4.79 Å². The quantitative estimate of drug-likeness (QED) is 0.835. The van der Waals surface area contributed by atoms with E-state index < -0.39 is 5.54 Å². The third-order valence-electron chi connectivity index (χ3n) is 3.81. The van der Waals surface area contributed by atoms with Gasteiger partial charge < -0.3 is 9.32 Å². The molecule has 6 heteroatoms. The van der Waals surface area contributed by atoms with Crippen molar-refractivity contribution in [3.8, 4) is 0 Å². The van der Waals surface area contributed by atoms with Crippen LogP contribution < -0.4 is 0 Å². The zero-order chi connectivity index (χ0) is 14.2. The largest absolute Gasteiger partial charge is 0.438 e. The summed E-state index contributed by atoms with van der Waals surface area (Å²) in [7, 11) is 0. The maximum atomic E-state index is 12.5. The van der Waals surface area contributed by atoms with Gasteiger partial charge in [-0.25, -0.2) is 15.0 Å². The molecule has 20 heavy (non-hydrogen) atoms. The smallest absolute Gasteiger partial charge is 0.292 e. The van der Waals surface area contributed by atoms with Crippen molar-refractivity contribution in [2.24, 2.45) is 0 Å². The summed E-state index contributed by atoms with van der Waals surface area (Å²) in [5, 5.41) is 0. The van der Waals surface area contributed by atoms with Gasteiger partial charge in [0.15, 0.2) is 12.2 Å². The fourth-order valence-electron chi connectivity index (χ4n) is 2.68. The summed E-state index contributed by atoms with van der Waals surface area (Å²) in [6, 6.07) is 1.85. The lowest BCUT2D eigenvalue weighted by molar-refractivity contribution is 0.0571. The number of hydrogen-bond donors (Lipinski definition) is 0. The summed E-state index contributed by atoms with van der Waals surface area (Å²) >= 11 is 0. The molecule has 1 atom stereocenters. The molecule has 6 nitrogen and oxygen atoms in total. The van der Waals surface area contributed by atoms with Crippen LogP contribution in [0.15, 0.2) is 29.3 Å². The Morgan fingerprint density at radius 2 is 2.35 bits per heavy atom. The topological polar surface area (TPSA) is 72.1 Å². The van der Waals surface area contributed by atoms with E-state index >= 15 is 0 Å². The summed E-state index contributed by atoms with van der Waals surface area (Å²) in [4.78, 5) is 26.9. The van der Waals surface area contributed by atoms with Crippen molar-refractivity contribution < 1.29 is 9.21 Å². The lowest BCUT2D eigenvalue weighted by Crippen LogP contribution is -2.44. The lowest BCUT2D eigenvalue weighted by Gasteiger charge is -2.33. The minimum absolute atomic E-state index is 0.160. The molecule has 0 aromatic carbocycles. The number of likely N-dealkylation sites (tertiary alicyclic amines) is 1. The van der Waals surface area contributed by atoms with E-state index in [1.807, 2.05) is 19.9 Å². The van der Waals surface area contributed by atoms with Crippen molar-refractivity contribution in [2.75, 3.05) is 6.54 Å². The van der Waals surface area contributed by atoms with Crippen LogP contribution >= 0.6 is 0 Å². The number of nitrogens with zero attached hydrogens (tertiary/aromatic N) is 4. The minimum Gasteiger partial charge on any atom is -0.438 e. The maximum Gasteiger partial charge on any atom is 0.292 e. The predicted molar refractivity (Wildman–Crippen MR) is 70.9 cm³/mol. The monoisotopic (exact) mass is 272 g/mol. The van der Waals surface area contributed by atoms with Crippen molar-refractivity contribution in [3.63, 3.8) is 0 Å². The first-order chi connectivity index (χ1) is 9.61. The zero-order valence-corrected chi connectivity index (χ0v) is 11.5. The van der Waals surface area contributed by atoms with Gasteiger partial charge in [0.1, 0.15) is 5.54 Å². The van der Waals surface area contributed by atoms with Crippen LogP contribution in [0, 0.1) is 6.92 Å². The Bertz CT molecular complexity index is 626. The highest BCUT2D eigenvalue weighted by molar-refractivity contribution is 5.91. The molecule has 104 valence electrons. The highest BCUT2D eigenvalue weighted by Gasteiger charge is 2.44. The Labute approximate surface area is 116 Å². The number of carbonyl (C=O) groups excluding carboxylic acids is 1. The molecule has 0 unspecified atom stereocenters. The van der Waals surface area contributed by atoms with Crippen molar-refractivity contribution in [2.45, 2.75) is 32.2 Å². The van der Waals surface area contributed by atoms with E-state index in [9.17, 15) is 4.79 Å². The Morgan fingerprint density at radius 3 is 3.05 bits per heavy atom. The van der Waals surface area contributed by atoms with Gasteiger partial charge in [0.25, 0.3) is 5.91 Å².